The predicted octanol–water partition coefficient (Wildman–Crippen LogP) is 9.84. The Balaban J connectivity index is 0.000000167. The lowest BCUT2D eigenvalue weighted by Crippen LogP contribution is -1.98. The van der Waals surface area contributed by atoms with Crippen molar-refractivity contribution in [3.63, 3.8) is 0 Å². The first-order valence-corrected chi connectivity index (χ1v) is 19.6. The number of benzene rings is 2. The van der Waals surface area contributed by atoms with Crippen LogP contribution in [0.1, 0.15) is 62.5 Å². The summed E-state index contributed by atoms with van der Waals surface area (Å²) in [6.45, 7) is 4.00. The smallest absolute Gasteiger partial charge is 0.212 e. The van der Waals surface area contributed by atoms with Crippen LogP contribution in [0.3, 0.4) is 0 Å². The molecule has 1 unspecified atom stereocenters. The SMILES string of the molecule is CC.O=CNc1ccc(S(=O)c2ccccc2)cn1.O=CNc1ccc(Sc2cc(F)cc(F)c2)cn1.c1cncc(C2CC2)c1.c1cncc(C2CC2)c1. The van der Waals surface area contributed by atoms with Crippen LogP contribution in [0, 0.1) is 11.6 Å². The molecule has 0 aliphatic heterocycles. The Morgan fingerprint density at radius 1 is 0.618 bits per heavy atom. The van der Waals surface area contributed by atoms with Gasteiger partial charge in [0.25, 0.3) is 0 Å². The van der Waals surface area contributed by atoms with Crippen LogP contribution in [-0.2, 0) is 20.4 Å². The number of rotatable bonds is 10. The zero-order valence-corrected chi connectivity index (χ0v) is 32.1. The van der Waals surface area contributed by atoms with Crippen molar-refractivity contribution >= 4 is 47.0 Å². The van der Waals surface area contributed by atoms with Crippen molar-refractivity contribution in [3.05, 3.63) is 157 Å². The minimum Gasteiger partial charge on any atom is -0.313 e. The van der Waals surface area contributed by atoms with E-state index in [1.165, 1.54) is 73.1 Å². The number of nitrogens with one attached hydrogen (secondary N) is 2. The molecule has 2 aromatic carbocycles. The fourth-order valence-corrected chi connectivity index (χ4v) is 6.57. The van der Waals surface area contributed by atoms with Crippen LogP contribution in [0.15, 0.2) is 154 Å². The van der Waals surface area contributed by atoms with Crippen molar-refractivity contribution in [2.24, 2.45) is 0 Å². The Morgan fingerprint density at radius 3 is 1.56 bits per heavy atom. The summed E-state index contributed by atoms with van der Waals surface area (Å²) in [4.78, 5) is 38.9. The Kier molecular flexibility index (Phi) is 17.7. The monoisotopic (exact) mass is 780 g/mol. The van der Waals surface area contributed by atoms with Crippen molar-refractivity contribution in [1.29, 1.82) is 0 Å². The van der Waals surface area contributed by atoms with Gasteiger partial charge in [-0.2, -0.15) is 0 Å². The molecule has 2 N–H and O–H groups in total. The molecule has 0 saturated heterocycles. The lowest BCUT2D eigenvalue weighted by molar-refractivity contribution is -0.106. The summed E-state index contributed by atoms with van der Waals surface area (Å²) in [6, 6.07) is 27.4. The third-order valence-electron chi connectivity index (χ3n) is 7.60. The normalized spacial score (nSPS) is 12.9. The first-order chi connectivity index (χ1) is 26.9. The highest BCUT2D eigenvalue weighted by molar-refractivity contribution is 7.99. The van der Waals surface area contributed by atoms with Gasteiger partial charge >= 0.3 is 0 Å². The van der Waals surface area contributed by atoms with Gasteiger partial charge in [-0.1, -0.05) is 55.9 Å². The van der Waals surface area contributed by atoms with E-state index in [1.807, 2.05) is 69.0 Å². The second-order valence-corrected chi connectivity index (χ2v) is 14.3. The third-order valence-corrected chi connectivity index (χ3v) is 9.91. The summed E-state index contributed by atoms with van der Waals surface area (Å²) in [5.74, 6) is 1.31. The number of amides is 2. The molecule has 13 heteroatoms. The Hall–Kier alpha value is -5.66. The highest BCUT2D eigenvalue weighted by Gasteiger charge is 2.23. The van der Waals surface area contributed by atoms with E-state index in [2.05, 4.69) is 42.7 Å². The van der Waals surface area contributed by atoms with Gasteiger partial charge in [-0.05, 0) is 109 Å². The van der Waals surface area contributed by atoms with E-state index in [9.17, 15) is 22.6 Å². The van der Waals surface area contributed by atoms with Crippen LogP contribution in [0.2, 0.25) is 0 Å². The van der Waals surface area contributed by atoms with Gasteiger partial charge in [0, 0.05) is 57.9 Å². The van der Waals surface area contributed by atoms with Gasteiger partial charge in [-0.3, -0.25) is 19.6 Å². The average molecular weight is 781 g/mol. The fraction of sp³-hybridized carbons (Fsp3) is 0.190. The van der Waals surface area contributed by atoms with Crippen LogP contribution in [0.5, 0.6) is 0 Å². The number of anilines is 2. The molecular weight excluding hydrogens is 739 g/mol. The number of carbonyl (C=O) groups excluding carboxylic acids is 2. The number of nitrogens with zero attached hydrogens (tertiary/aromatic N) is 4. The van der Waals surface area contributed by atoms with Crippen LogP contribution >= 0.6 is 11.8 Å². The Labute approximate surface area is 327 Å². The minimum atomic E-state index is -1.24. The van der Waals surface area contributed by atoms with Crippen molar-refractivity contribution in [1.82, 2.24) is 19.9 Å². The number of hydrogen-bond acceptors (Lipinski definition) is 8. The molecule has 2 fully saturated rings. The molecule has 0 bridgehead atoms. The van der Waals surface area contributed by atoms with Crippen LogP contribution < -0.4 is 10.6 Å². The first-order valence-electron chi connectivity index (χ1n) is 17.6. The molecule has 2 aliphatic rings. The lowest BCUT2D eigenvalue weighted by Gasteiger charge is -2.03. The zero-order valence-electron chi connectivity index (χ0n) is 30.4. The number of pyridine rings is 4. The summed E-state index contributed by atoms with van der Waals surface area (Å²) >= 11 is 1.18. The molecule has 0 radical (unpaired) electrons. The van der Waals surface area contributed by atoms with Gasteiger partial charge in [-0.25, -0.2) is 23.0 Å². The molecule has 8 rings (SSSR count). The summed E-state index contributed by atoms with van der Waals surface area (Å²) in [6.07, 6.45) is 17.1. The van der Waals surface area contributed by atoms with Crippen molar-refractivity contribution in [3.8, 4) is 0 Å². The molecule has 4 heterocycles. The standard InChI is InChI=1S/C12H8F2N2OS.C12H10N2O2S.2C8H9N.C2H6/c13-8-3-9(14)5-11(4-8)18-10-1-2-12(15-6-10)16-7-17;15-9-14-12-7-6-11(8-13-12)17(16)10-4-2-1-3-5-10;2*1-2-8(6-9-5-1)7-3-4-7;1-2/h1-7H,(H,15,16,17);1-9H,(H,13,14,15);2*1-2,5-7H,3-4H2;1-2H3. The summed E-state index contributed by atoms with van der Waals surface area (Å²) < 4.78 is 38.1. The van der Waals surface area contributed by atoms with Crippen molar-refractivity contribution in [2.75, 3.05) is 10.6 Å². The van der Waals surface area contributed by atoms with E-state index >= 15 is 0 Å². The topological polar surface area (TPSA) is 127 Å². The average Bonchev–Trinajstić information content (AvgIpc) is 4.16. The van der Waals surface area contributed by atoms with E-state index in [0.717, 1.165) is 27.7 Å². The van der Waals surface area contributed by atoms with E-state index in [1.54, 1.807) is 36.4 Å². The van der Waals surface area contributed by atoms with Crippen molar-refractivity contribution in [2.45, 2.75) is 70.9 Å². The molecule has 6 aromatic rings. The van der Waals surface area contributed by atoms with E-state index in [-0.39, 0.29) is 0 Å². The molecule has 2 saturated carbocycles. The quantitative estimate of drug-likeness (QED) is 0.132. The molecule has 0 spiro atoms. The zero-order chi connectivity index (χ0) is 39.3. The summed E-state index contributed by atoms with van der Waals surface area (Å²) in [5.41, 5.74) is 2.83. The highest BCUT2D eigenvalue weighted by atomic mass is 32.2. The maximum atomic E-state index is 13.0. The van der Waals surface area contributed by atoms with E-state index < -0.39 is 22.4 Å². The largest absolute Gasteiger partial charge is 0.313 e. The second kappa shape index (κ2) is 23.2. The molecular formula is C42H42F2N6O3S2. The lowest BCUT2D eigenvalue weighted by atomic mass is 10.2. The molecule has 4 aromatic heterocycles. The highest BCUT2D eigenvalue weighted by Crippen LogP contribution is 2.40. The summed E-state index contributed by atoms with van der Waals surface area (Å²) in [7, 11) is -1.24. The van der Waals surface area contributed by atoms with Crippen LogP contribution in [0.4, 0.5) is 20.4 Å². The molecule has 2 aliphatic carbocycles. The van der Waals surface area contributed by atoms with Crippen LogP contribution in [-0.4, -0.2) is 37.0 Å². The first kappa shape index (κ1) is 42.1. The number of halogens is 2. The third kappa shape index (κ3) is 15.3. The molecule has 1 atom stereocenters. The van der Waals surface area contributed by atoms with Gasteiger partial charge < -0.3 is 10.6 Å². The number of hydrogen-bond donors (Lipinski definition) is 2. The molecule has 2 amide bonds. The molecule has 9 nitrogen and oxygen atoms in total. The maximum absolute atomic E-state index is 13.0. The number of aromatic nitrogens is 4. The van der Waals surface area contributed by atoms with E-state index in [4.69, 9.17) is 0 Å². The predicted molar refractivity (Wildman–Crippen MR) is 213 cm³/mol. The van der Waals surface area contributed by atoms with Crippen molar-refractivity contribution < 1.29 is 22.6 Å². The Morgan fingerprint density at radius 2 is 1.15 bits per heavy atom. The second-order valence-electron chi connectivity index (χ2n) is 11.7. The van der Waals surface area contributed by atoms with Gasteiger partial charge in [0.15, 0.2) is 0 Å². The van der Waals surface area contributed by atoms with Gasteiger partial charge in [0.1, 0.15) is 23.3 Å². The Bertz CT molecular complexity index is 1970. The minimum absolute atomic E-state index is 0.416. The van der Waals surface area contributed by atoms with Gasteiger partial charge in [0.2, 0.25) is 12.8 Å². The van der Waals surface area contributed by atoms with Gasteiger partial charge in [0.05, 0.1) is 15.7 Å². The maximum Gasteiger partial charge on any atom is 0.212 e. The number of carbonyl (C=O) groups is 2. The van der Waals surface area contributed by atoms with Gasteiger partial charge in [-0.15, -0.1) is 0 Å². The summed E-state index contributed by atoms with van der Waals surface area (Å²) in [5, 5.41) is 4.82. The molecule has 284 valence electrons. The van der Waals surface area contributed by atoms with E-state index in [0.29, 0.717) is 34.2 Å². The fourth-order valence-electron chi connectivity index (χ4n) is 4.69. The van der Waals surface area contributed by atoms with Crippen LogP contribution in [0.25, 0.3) is 0 Å². The molecule has 55 heavy (non-hydrogen) atoms.